The number of ether oxygens (including phenoxy) is 1. The highest BCUT2D eigenvalue weighted by Crippen LogP contribution is 2.48. The van der Waals surface area contributed by atoms with Crippen LogP contribution >= 0.6 is 0 Å². The standard InChI is InChI=1S/C32H37F3O2/c1-3-5-7-9-28-30(34)19-26(20-31(28)35)37-32(36)25-14-15-27(29(33)18-25)24-13-12-22-16-21(8-6-4-2)10-11-23(22)17-24/h3-5,14-15,18-24H,2,6-13,16-17H2,1H3/b5-3+. The Kier molecular flexibility index (Phi) is 9.28. The molecule has 2 nitrogen and oxygen atoms in total. The summed E-state index contributed by atoms with van der Waals surface area (Å²) in [4.78, 5) is 12.6. The van der Waals surface area contributed by atoms with Gasteiger partial charge in [-0.1, -0.05) is 30.7 Å². The molecule has 0 aromatic heterocycles. The number of hydrogen-bond acceptors (Lipinski definition) is 2. The van der Waals surface area contributed by atoms with Gasteiger partial charge in [0.2, 0.25) is 0 Å². The van der Waals surface area contributed by atoms with Gasteiger partial charge in [-0.3, -0.25) is 0 Å². The average Bonchev–Trinajstić information content (AvgIpc) is 2.88. The fourth-order valence-corrected chi connectivity index (χ4v) is 6.31. The molecule has 0 spiro atoms. The van der Waals surface area contributed by atoms with Gasteiger partial charge in [0.05, 0.1) is 5.56 Å². The lowest BCUT2D eigenvalue weighted by Crippen LogP contribution is -2.30. The van der Waals surface area contributed by atoms with Gasteiger partial charge in [0.25, 0.3) is 0 Å². The highest BCUT2D eigenvalue weighted by atomic mass is 19.1. The molecule has 0 N–H and O–H groups in total. The normalized spacial score (nSPS) is 23.6. The smallest absolute Gasteiger partial charge is 0.343 e. The Labute approximate surface area is 218 Å². The van der Waals surface area contributed by atoms with E-state index in [4.69, 9.17) is 4.74 Å². The van der Waals surface area contributed by atoms with Crippen molar-refractivity contribution < 1.29 is 22.7 Å². The predicted octanol–water partition coefficient (Wildman–Crippen LogP) is 9.10. The van der Waals surface area contributed by atoms with Gasteiger partial charge in [0.15, 0.2) is 0 Å². The molecule has 0 heterocycles. The van der Waals surface area contributed by atoms with E-state index in [0.717, 1.165) is 49.7 Å². The van der Waals surface area contributed by atoms with Crippen molar-refractivity contribution in [1.29, 1.82) is 0 Å². The third-order valence-electron chi connectivity index (χ3n) is 8.30. The Bertz CT molecular complexity index is 1120. The minimum atomic E-state index is -0.840. The first-order valence-corrected chi connectivity index (χ1v) is 13.6. The van der Waals surface area contributed by atoms with E-state index in [9.17, 15) is 13.6 Å². The monoisotopic (exact) mass is 510 g/mol. The molecule has 0 amide bonds. The van der Waals surface area contributed by atoms with Crippen LogP contribution in [0.5, 0.6) is 5.75 Å². The van der Waals surface area contributed by atoms with E-state index in [1.807, 2.05) is 25.2 Å². The molecular formula is C32H37F3O2. The Balaban J connectivity index is 1.38. The van der Waals surface area contributed by atoms with Crippen LogP contribution in [-0.4, -0.2) is 5.97 Å². The molecule has 37 heavy (non-hydrogen) atoms. The van der Waals surface area contributed by atoms with E-state index in [-0.39, 0.29) is 29.2 Å². The minimum absolute atomic E-state index is 0.0237. The molecule has 2 aromatic rings. The zero-order valence-corrected chi connectivity index (χ0v) is 21.7. The van der Waals surface area contributed by atoms with E-state index in [2.05, 4.69) is 6.58 Å². The van der Waals surface area contributed by atoms with Crippen molar-refractivity contribution in [2.45, 2.75) is 77.0 Å². The molecule has 198 valence electrons. The summed E-state index contributed by atoms with van der Waals surface area (Å²) in [6.45, 7) is 5.68. The molecule has 2 aliphatic rings. The highest BCUT2D eigenvalue weighted by molar-refractivity contribution is 5.91. The van der Waals surface area contributed by atoms with Crippen LogP contribution < -0.4 is 4.74 Å². The number of rotatable bonds is 9. The van der Waals surface area contributed by atoms with E-state index in [1.54, 1.807) is 12.1 Å². The first kappa shape index (κ1) is 27.2. The maximum atomic E-state index is 15.1. The first-order valence-electron chi connectivity index (χ1n) is 13.6. The summed E-state index contributed by atoms with van der Waals surface area (Å²) in [6, 6.07) is 6.42. The van der Waals surface area contributed by atoms with Gasteiger partial charge in [0.1, 0.15) is 23.2 Å². The number of halogens is 3. The van der Waals surface area contributed by atoms with Crippen molar-refractivity contribution in [3.05, 3.63) is 89.3 Å². The second-order valence-electron chi connectivity index (χ2n) is 10.7. The van der Waals surface area contributed by atoms with Crippen LogP contribution in [0.25, 0.3) is 0 Å². The molecule has 0 radical (unpaired) electrons. The molecule has 5 heteroatoms. The molecule has 4 atom stereocenters. The van der Waals surface area contributed by atoms with Crippen LogP contribution in [0, 0.1) is 35.2 Å². The van der Waals surface area contributed by atoms with Crippen LogP contribution in [-0.2, 0) is 6.42 Å². The summed E-state index contributed by atoms with van der Waals surface area (Å²) in [6.07, 6.45) is 15.4. The zero-order chi connectivity index (χ0) is 26.4. The lowest BCUT2D eigenvalue weighted by Gasteiger charge is -2.42. The number of allylic oxidation sites excluding steroid dienone is 3. The molecule has 0 aliphatic heterocycles. The second-order valence-corrected chi connectivity index (χ2v) is 10.7. The van der Waals surface area contributed by atoms with Crippen molar-refractivity contribution in [3.8, 4) is 5.75 Å². The third kappa shape index (κ3) is 6.74. The summed E-state index contributed by atoms with van der Waals surface area (Å²) in [7, 11) is 0. The lowest BCUT2D eigenvalue weighted by atomic mass is 9.63. The number of fused-ring (bicyclic) bond motifs is 1. The summed E-state index contributed by atoms with van der Waals surface area (Å²) in [5.41, 5.74) is 0.621. The van der Waals surface area contributed by atoms with Crippen LogP contribution in [0.1, 0.15) is 92.1 Å². The quantitative estimate of drug-likeness (QED) is 0.191. The summed E-state index contributed by atoms with van der Waals surface area (Å²) in [5, 5.41) is 0. The maximum Gasteiger partial charge on any atom is 0.343 e. The van der Waals surface area contributed by atoms with E-state index in [0.29, 0.717) is 17.9 Å². The van der Waals surface area contributed by atoms with Gasteiger partial charge >= 0.3 is 5.97 Å². The molecular weight excluding hydrogens is 473 g/mol. The van der Waals surface area contributed by atoms with Crippen molar-refractivity contribution in [1.82, 2.24) is 0 Å². The van der Waals surface area contributed by atoms with Gasteiger partial charge < -0.3 is 4.74 Å². The first-order chi connectivity index (χ1) is 17.9. The lowest BCUT2D eigenvalue weighted by molar-refractivity contribution is 0.0733. The van der Waals surface area contributed by atoms with Crippen molar-refractivity contribution in [2.75, 3.05) is 0 Å². The van der Waals surface area contributed by atoms with Gasteiger partial charge in [-0.2, -0.15) is 0 Å². The number of carbonyl (C=O) groups excluding carboxylic acids is 1. The molecule has 2 fully saturated rings. The SMILES string of the molecule is C=CCCC1CCC2CC(c3ccc(C(=O)Oc4cc(F)c(CC/C=C/C)c(F)c4)cc3F)CCC2C1. The Morgan fingerprint density at radius 2 is 1.70 bits per heavy atom. The Morgan fingerprint density at radius 3 is 2.41 bits per heavy atom. The van der Waals surface area contributed by atoms with Crippen LogP contribution in [0.4, 0.5) is 13.2 Å². The molecule has 4 unspecified atom stereocenters. The largest absolute Gasteiger partial charge is 0.423 e. The van der Waals surface area contributed by atoms with Crippen molar-refractivity contribution in [3.63, 3.8) is 0 Å². The molecule has 2 saturated carbocycles. The highest BCUT2D eigenvalue weighted by Gasteiger charge is 2.36. The number of esters is 1. The molecule has 2 aromatic carbocycles. The molecule has 4 rings (SSSR count). The van der Waals surface area contributed by atoms with E-state index in [1.165, 1.54) is 31.7 Å². The van der Waals surface area contributed by atoms with Crippen LogP contribution in [0.2, 0.25) is 0 Å². The average molecular weight is 511 g/mol. The van der Waals surface area contributed by atoms with Gasteiger partial charge in [0, 0.05) is 17.7 Å². The van der Waals surface area contributed by atoms with Crippen LogP contribution in [0.3, 0.4) is 0 Å². The van der Waals surface area contributed by atoms with E-state index >= 15 is 4.39 Å². The van der Waals surface area contributed by atoms with Gasteiger partial charge in [-0.05, 0) is 106 Å². The zero-order valence-electron chi connectivity index (χ0n) is 21.7. The van der Waals surface area contributed by atoms with Crippen molar-refractivity contribution >= 4 is 5.97 Å². The topological polar surface area (TPSA) is 26.3 Å². The number of carbonyl (C=O) groups is 1. The molecule has 0 bridgehead atoms. The predicted molar refractivity (Wildman–Crippen MR) is 141 cm³/mol. The Morgan fingerprint density at radius 1 is 0.973 bits per heavy atom. The number of benzene rings is 2. The summed E-state index contributed by atoms with van der Waals surface area (Å²) in [5.74, 6) is -0.731. The second kappa shape index (κ2) is 12.6. The minimum Gasteiger partial charge on any atom is -0.423 e. The number of hydrogen-bond donors (Lipinski definition) is 0. The summed E-state index contributed by atoms with van der Waals surface area (Å²) < 4.78 is 49.1. The van der Waals surface area contributed by atoms with Crippen LogP contribution in [0.15, 0.2) is 55.1 Å². The van der Waals surface area contributed by atoms with Gasteiger partial charge in [-0.25, -0.2) is 18.0 Å². The fraction of sp³-hybridized carbons (Fsp3) is 0.469. The van der Waals surface area contributed by atoms with Gasteiger partial charge in [-0.15, -0.1) is 6.58 Å². The fourth-order valence-electron chi connectivity index (χ4n) is 6.31. The molecule has 2 aliphatic carbocycles. The third-order valence-corrected chi connectivity index (χ3v) is 8.30. The van der Waals surface area contributed by atoms with Crippen molar-refractivity contribution in [2.24, 2.45) is 17.8 Å². The summed E-state index contributed by atoms with van der Waals surface area (Å²) >= 11 is 0. The maximum absolute atomic E-state index is 15.1. The van der Waals surface area contributed by atoms with E-state index < -0.39 is 23.4 Å². The Hall–Kier alpha value is -2.82. The molecule has 0 saturated heterocycles.